The molecule has 0 spiro atoms. The molecule has 0 aliphatic carbocycles. The van der Waals surface area contributed by atoms with Crippen molar-refractivity contribution in [2.75, 3.05) is 26.2 Å². The summed E-state index contributed by atoms with van der Waals surface area (Å²) in [6, 6.07) is -0.229. The number of carbonyl (C=O) groups excluding carboxylic acids is 1. The van der Waals surface area contributed by atoms with Crippen LogP contribution in [0.25, 0.3) is 0 Å². The zero-order chi connectivity index (χ0) is 11.5. The summed E-state index contributed by atoms with van der Waals surface area (Å²) < 4.78 is 0. The molecule has 4 N–H and O–H groups in total. The number of likely N-dealkylation sites (tertiary alicyclic amines) is 1. The molecule has 16 heavy (non-hydrogen) atoms. The number of nitrogens with zero attached hydrogens (tertiary/aromatic N) is 1. The highest BCUT2D eigenvalue weighted by atomic mass is 16.4. The van der Waals surface area contributed by atoms with Gasteiger partial charge in [-0.15, -0.1) is 0 Å². The first-order valence-corrected chi connectivity index (χ1v) is 5.81. The summed E-state index contributed by atoms with van der Waals surface area (Å²) in [6.45, 7) is 2.88. The summed E-state index contributed by atoms with van der Waals surface area (Å²) in [6.07, 6.45) is 1.51. The molecule has 0 radical (unpaired) electrons. The third-order valence-electron chi connectivity index (χ3n) is 3.27. The number of amides is 1. The Labute approximate surface area is 95.1 Å². The molecule has 0 saturated carbocycles. The highest BCUT2D eigenvalue weighted by Gasteiger charge is 2.39. The van der Waals surface area contributed by atoms with Crippen molar-refractivity contribution in [3.8, 4) is 0 Å². The van der Waals surface area contributed by atoms with Crippen molar-refractivity contribution in [1.29, 1.82) is 0 Å². The molecule has 2 fully saturated rings. The summed E-state index contributed by atoms with van der Waals surface area (Å²) >= 11 is 0. The van der Waals surface area contributed by atoms with E-state index in [1.54, 1.807) is 4.90 Å². The summed E-state index contributed by atoms with van der Waals surface area (Å²) in [4.78, 5) is 13.7. The van der Waals surface area contributed by atoms with Crippen LogP contribution in [0.1, 0.15) is 12.8 Å². The molecule has 2 atom stereocenters. The lowest BCUT2D eigenvalue weighted by atomic mass is 9.77. The van der Waals surface area contributed by atoms with Gasteiger partial charge < -0.3 is 25.6 Å². The smallest absolute Gasteiger partial charge is 0.426 e. The fraction of sp³-hybridized carbons (Fsp3) is 0.889. The van der Waals surface area contributed by atoms with Gasteiger partial charge in [-0.1, -0.05) is 0 Å². The third kappa shape index (κ3) is 2.37. The second kappa shape index (κ2) is 5.14. The molecule has 0 aromatic rings. The van der Waals surface area contributed by atoms with Crippen LogP contribution >= 0.6 is 0 Å². The Balaban J connectivity index is 1.97. The molecule has 2 rings (SSSR count). The van der Waals surface area contributed by atoms with Gasteiger partial charge in [-0.2, -0.15) is 0 Å². The molecule has 2 heterocycles. The van der Waals surface area contributed by atoms with Gasteiger partial charge in [-0.3, -0.25) is 4.79 Å². The van der Waals surface area contributed by atoms with E-state index in [2.05, 4.69) is 10.6 Å². The van der Waals surface area contributed by atoms with Gasteiger partial charge in [0.1, 0.15) is 0 Å². The van der Waals surface area contributed by atoms with E-state index >= 15 is 0 Å². The monoisotopic (exact) mass is 227 g/mol. The summed E-state index contributed by atoms with van der Waals surface area (Å²) in [5.74, 6) is -0.459. The van der Waals surface area contributed by atoms with E-state index in [0.717, 1.165) is 19.5 Å². The lowest BCUT2D eigenvalue weighted by molar-refractivity contribution is -0.133. The van der Waals surface area contributed by atoms with Gasteiger partial charge in [-0.25, -0.2) is 0 Å². The van der Waals surface area contributed by atoms with Crippen LogP contribution in [0.5, 0.6) is 0 Å². The number of carbonyl (C=O) groups is 1. The van der Waals surface area contributed by atoms with Crippen LogP contribution in [0, 0.1) is 0 Å². The SMILES string of the molecule is O=C(C1CNCCN1)N1CCC[C@H]1B(O)O. The second-order valence-electron chi connectivity index (χ2n) is 4.37. The topological polar surface area (TPSA) is 84.8 Å². The Morgan fingerprint density at radius 3 is 2.81 bits per heavy atom. The van der Waals surface area contributed by atoms with Crippen LogP contribution in [0.4, 0.5) is 0 Å². The van der Waals surface area contributed by atoms with Crippen LogP contribution in [-0.2, 0) is 4.79 Å². The second-order valence-corrected chi connectivity index (χ2v) is 4.37. The minimum Gasteiger partial charge on any atom is -0.426 e. The minimum atomic E-state index is -1.43. The number of nitrogens with one attached hydrogen (secondary N) is 2. The van der Waals surface area contributed by atoms with Gasteiger partial charge in [0.15, 0.2) is 0 Å². The standard InChI is InChI=1S/C9H18BN3O3/c14-9(7-6-11-3-4-12-7)13-5-1-2-8(13)10(15)16/h7-8,11-12,15-16H,1-6H2/t7?,8-/m0/s1. The van der Waals surface area contributed by atoms with Crippen molar-refractivity contribution in [2.24, 2.45) is 0 Å². The van der Waals surface area contributed by atoms with Crippen LogP contribution in [0.15, 0.2) is 0 Å². The number of hydrogen-bond acceptors (Lipinski definition) is 5. The van der Waals surface area contributed by atoms with Gasteiger partial charge in [0.25, 0.3) is 0 Å². The molecule has 1 amide bonds. The predicted octanol–water partition coefficient (Wildman–Crippen LogP) is -2.45. The Bertz CT molecular complexity index is 258. The summed E-state index contributed by atoms with van der Waals surface area (Å²) in [5, 5.41) is 24.7. The van der Waals surface area contributed by atoms with E-state index in [-0.39, 0.29) is 11.9 Å². The third-order valence-corrected chi connectivity index (χ3v) is 3.27. The fourth-order valence-electron chi connectivity index (χ4n) is 2.40. The highest BCUT2D eigenvalue weighted by Crippen LogP contribution is 2.19. The molecule has 2 saturated heterocycles. The molecule has 0 bridgehead atoms. The summed E-state index contributed by atoms with van der Waals surface area (Å²) in [7, 11) is -1.43. The Morgan fingerprint density at radius 2 is 2.19 bits per heavy atom. The maximum Gasteiger partial charge on any atom is 0.475 e. The molecule has 1 unspecified atom stereocenters. The van der Waals surface area contributed by atoms with Gasteiger partial charge >= 0.3 is 7.12 Å². The van der Waals surface area contributed by atoms with Crippen molar-refractivity contribution >= 4 is 13.0 Å². The lowest BCUT2D eigenvalue weighted by Crippen LogP contribution is -2.59. The number of piperazine rings is 1. The largest absolute Gasteiger partial charge is 0.475 e. The maximum atomic E-state index is 12.1. The first-order chi connectivity index (χ1) is 7.70. The molecule has 90 valence electrons. The van der Waals surface area contributed by atoms with Crippen LogP contribution in [0.3, 0.4) is 0 Å². The van der Waals surface area contributed by atoms with Crippen molar-refractivity contribution < 1.29 is 14.8 Å². The molecule has 2 aliphatic heterocycles. The van der Waals surface area contributed by atoms with Gasteiger partial charge in [-0.05, 0) is 12.8 Å². The molecule has 0 aromatic heterocycles. The van der Waals surface area contributed by atoms with Crippen molar-refractivity contribution in [3.05, 3.63) is 0 Å². The van der Waals surface area contributed by atoms with Gasteiger partial charge in [0.05, 0.1) is 12.0 Å². The Kier molecular flexibility index (Phi) is 3.80. The first-order valence-electron chi connectivity index (χ1n) is 5.81. The van der Waals surface area contributed by atoms with E-state index in [9.17, 15) is 14.8 Å². The zero-order valence-electron chi connectivity index (χ0n) is 9.22. The first kappa shape index (κ1) is 11.8. The van der Waals surface area contributed by atoms with E-state index in [4.69, 9.17) is 0 Å². The zero-order valence-corrected chi connectivity index (χ0v) is 9.22. The molecule has 6 nitrogen and oxygen atoms in total. The molecule has 0 aromatic carbocycles. The van der Waals surface area contributed by atoms with E-state index in [0.29, 0.717) is 19.5 Å². The van der Waals surface area contributed by atoms with E-state index < -0.39 is 13.1 Å². The van der Waals surface area contributed by atoms with Crippen molar-refractivity contribution in [2.45, 2.75) is 24.8 Å². The normalized spacial score (nSPS) is 30.5. The highest BCUT2D eigenvalue weighted by molar-refractivity contribution is 6.43. The lowest BCUT2D eigenvalue weighted by Gasteiger charge is -2.31. The Hall–Kier alpha value is -0.625. The van der Waals surface area contributed by atoms with E-state index in [1.165, 1.54) is 0 Å². The van der Waals surface area contributed by atoms with Crippen LogP contribution < -0.4 is 10.6 Å². The van der Waals surface area contributed by atoms with Gasteiger partial charge in [0, 0.05) is 26.2 Å². The molecule has 7 heteroatoms. The molecular formula is C9H18BN3O3. The Morgan fingerprint density at radius 1 is 1.38 bits per heavy atom. The van der Waals surface area contributed by atoms with E-state index in [1.807, 2.05) is 0 Å². The van der Waals surface area contributed by atoms with Crippen LogP contribution in [0.2, 0.25) is 0 Å². The quantitative estimate of drug-likeness (QED) is 0.393. The number of hydrogen-bond donors (Lipinski definition) is 4. The average molecular weight is 227 g/mol. The molecule has 2 aliphatic rings. The van der Waals surface area contributed by atoms with Crippen LogP contribution in [-0.4, -0.2) is 66.1 Å². The minimum absolute atomic E-state index is 0.0252. The average Bonchev–Trinajstić information content (AvgIpc) is 2.78. The van der Waals surface area contributed by atoms with Crippen molar-refractivity contribution in [1.82, 2.24) is 15.5 Å². The van der Waals surface area contributed by atoms with Gasteiger partial charge in [0.2, 0.25) is 5.91 Å². The molecular weight excluding hydrogens is 209 g/mol. The predicted molar refractivity (Wildman–Crippen MR) is 59.6 cm³/mol. The number of rotatable bonds is 2. The summed E-state index contributed by atoms with van der Waals surface area (Å²) in [5.41, 5.74) is 0. The maximum absolute atomic E-state index is 12.1. The van der Waals surface area contributed by atoms with Crippen molar-refractivity contribution in [3.63, 3.8) is 0 Å². The fourth-order valence-corrected chi connectivity index (χ4v) is 2.40.